The van der Waals surface area contributed by atoms with Crippen molar-refractivity contribution in [2.24, 2.45) is 5.73 Å². The third-order valence-electron chi connectivity index (χ3n) is 0.921. The quantitative estimate of drug-likeness (QED) is 0.486. The van der Waals surface area contributed by atoms with E-state index in [1.807, 2.05) is 0 Å². The number of nitrogens with one attached hydrogen (secondary N) is 1. The lowest BCUT2D eigenvalue weighted by molar-refractivity contribution is -0.160. The number of nitrogens with two attached hydrogens (primary N) is 1. The predicted molar refractivity (Wildman–Crippen MR) is 36.7 cm³/mol. The van der Waals surface area contributed by atoms with Crippen molar-refractivity contribution in [1.82, 2.24) is 10.6 Å². The molecule has 0 atom stereocenters. The maximum absolute atomic E-state index is 10.8. The van der Waals surface area contributed by atoms with E-state index in [4.69, 9.17) is 5.73 Å². The molecule has 0 fully saturated rings. The SMILES string of the molecule is CONN(C(C)=O)C(=O)CN. The fourth-order valence-electron chi connectivity index (χ4n) is 0.473. The Morgan fingerprint density at radius 3 is 2.45 bits per heavy atom. The molecule has 6 heteroatoms. The highest BCUT2D eigenvalue weighted by molar-refractivity contribution is 5.94. The van der Waals surface area contributed by atoms with Gasteiger partial charge in [-0.2, -0.15) is 5.01 Å². The minimum absolute atomic E-state index is 0.240. The zero-order valence-corrected chi connectivity index (χ0v) is 6.46. The Labute approximate surface area is 64.2 Å². The monoisotopic (exact) mass is 161 g/mol. The highest BCUT2D eigenvalue weighted by Gasteiger charge is 2.15. The number of rotatable bonds is 3. The van der Waals surface area contributed by atoms with Gasteiger partial charge in [0.05, 0.1) is 13.7 Å². The van der Waals surface area contributed by atoms with Gasteiger partial charge in [0, 0.05) is 6.92 Å². The lowest BCUT2D eigenvalue weighted by Gasteiger charge is -2.16. The fraction of sp³-hybridized carbons (Fsp3) is 0.600. The topological polar surface area (TPSA) is 84.7 Å². The average molecular weight is 161 g/mol. The van der Waals surface area contributed by atoms with Crippen molar-refractivity contribution in [3.05, 3.63) is 0 Å². The average Bonchev–Trinajstić information content (AvgIpc) is 1.98. The first-order valence-corrected chi connectivity index (χ1v) is 2.95. The van der Waals surface area contributed by atoms with Gasteiger partial charge in [-0.1, -0.05) is 0 Å². The molecule has 0 saturated heterocycles. The van der Waals surface area contributed by atoms with E-state index in [0.717, 1.165) is 0 Å². The highest BCUT2D eigenvalue weighted by atomic mass is 16.7. The summed E-state index contributed by atoms with van der Waals surface area (Å²) < 4.78 is 0. The van der Waals surface area contributed by atoms with Crippen molar-refractivity contribution in [2.45, 2.75) is 6.92 Å². The molecular formula is C5H11N3O3. The van der Waals surface area contributed by atoms with Gasteiger partial charge in [0.15, 0.2) is 0 Å². The first-order chi connectivity index (χ1) is 5.13. The molecule has 3 N–H and O–H groups in total. The standard InChI is InChI=1S/C5H11N3O3/c1-4(9)8(7-11-2)5(10)3-6/h7H,3,6H2,1-2H3. The Morgan fingerprint density at radius 1 is 1.64 bits per heavy atom. The van der Waals surface area contributed by atoms with Crippen molar-refractivity contribution in [1.29, 1.82) is 0 Å². The minimum Gasteiger partial charge on any atom is -0.322 e. The van der Waals surface area contributed by atoms with Crippen molar-refractivity contribution < 1.29 is 14.4 Å². The second-order valence-electron chi connectivity index (χ2n) is 1.75. The number of imide groups is 1. The Kier molecular flexibility index (Phi) is 4.35. The summed E-state index contributed by atoms with van der Waals surface area (Å²) in [6, 6.07) is 0. The normalized spacial score (nSPS) is 9.36. The van der Waals surface area contributed by atoms with Gasteiger partial charge in [-0.25, -0.2) is 0 Å². The van der Waals surface area contributed by atoms with E-state index in [0.29, 0.717) is 5.01 Å². The van der Waals surface area contributed by atoms with Crippen LogP contribution in [0.5, 0.6) is 0 Å². The molecule has 0 aromatic carbocycles. The molecule has 0 aromatic heterocycles. The fourth-order valence-corrected chi connectivity index (χ4v) is 0.473. The van der Waals surface area contributed by atoms with Crippen LogP contribution < -0.4 is 11.3 Å². The van der Waals surface area contributed by atoms with Crippen LogP contribution in [0.2, 0.25) is 0 Å². The molecule has 6 nitrogen and oxygen atoms in total. The summed E-state index contributed by atoms with van der Waals surface area (Å²) in [5, 5.41) is 0.694. The summed E-state index contributed by atoms with van der Waals surface area (Å²) in [4.78, 5) is 25.8. The summed E-state index contributed by atoms with van der Waals surface area (Å²) in [7, 11) is 1.29. The van der Waals surface area contributed by atoms with E-state index >= 15 is 0 Å². The molecule has 0 heterocycles. The van der Waals surface area contributed by atoms with E-state index in [2.05, 4.69) is 10.4 Å². The predicted octanol–water partition coefficient (Wildman–Crippen LogP) is -1.61. The summed E-state index contributed by atoms with van der Waals surface area (Å²) >= 11 is 0. The number of hydrogen-bond donors (Lipinski definition) is 2. The lowest BCUT2D eigenvalue weighted by Crippen LogP contribution is -2.48. The summed E-state index contributed by atoms with van der Waals surface area (Å²) in [6.45, 7) is 0.982. The molecule has 0 unspecified atom stereocenters. The Balaban J connectivity index is 4.09. The van der Waals surface area contributed by atoms with Crippen molar-refractivity contribution >= 4 is 11.8 Å². The summed E-state index contributed by atoms with van der Waals surface area (Å²) in [6.07, 6.45) is 0. The van der Waals surface area contributed by atoms with Crippen LogP contribution in [0.25, 0.3) is 0 Å². The molecule has 0 radical (unpaired) electrons. The second kappa shape index (κ2) is 4.78. The van der Waals surface area contributed by atoms with Crippen LogP contribution in [0, 0.1) is 0 Å². The van der Waals surface area contributed by atoms with Crippen LogP contribution in [0.3, 0.4) is 0 Å². The molecule has 2 amide bonds. The van der Waals surface area contributed by atoms with E-state index in [1.54, 1.807) is 0 Å². The molecule has 0 spiro atoms. The van der Waals surface area contributed by atoms with Gasteiger partial charge < -0.3 is 5.73 Å². The molecule has 64 valence electrons. The smallest absolute Gasteiger partial charge is 0.259 e. The molecule has 0 aliphatic carbocycles. The van der Waals surface area contributed by atoms with Gasteiger partial charge in [0.25, 0.3) is 5.91 Å². The highest BCUT2D eigenvalue weighted by Crippen LogP contribution is 1.83. The van der Waals surface area contributed by atoms with Gasteiger partial charge in [0.2, 0.25) is 5.91 Å². The Hall–Kier alpha value is -0.980. The number of hydrogen-bond acceptors (Lipinski definition) is 5. The largest absolute Gasteiger partial charge is 0.322 e. The first-order valence-electron chi connectivity index (χ1n) is 2.95. The van der Waals surface area contributed by atoms with E-state index in [-0.39, 0.29) is 6.54 Å². The van der Waals surface area contributed by atoms with Crippen LogP contribution in [-0.2, 0) is 14.4 Å². The zero-order valence-electron chi connectivity index (χ0n) is 6.46. The van der Waals surface area contributed by atoms with Gasteiger partial charge in [-0.15, -0.1) is 5.59 Å². The molecule has 0 saturated carbocycles. The van der Waals surface area contributed by atoms with Gasteiger partial charge >= 0.3 is 0 Å². The van der Waals surface area contributed by atoms with E-state index in [9.17, 15) is 9.59 Å². The van der Waals surface area contributed by atoms with Gasteiger partial charge in [0.1, 0.15) is 0 Å². The Bertz CT molecular complexity index is 159. The van der Waals surface area contributed by atoms with Crippen LogP contribution in [-0.4, -0.2) is 30.5 Å². The molecular weight excluding hydrogens is 150 g/mol. The van der Waals surface area contributed by atoms with Crippen LogP contribution in [0.15, 0.2) is 0 Å². The van der Waals surface area contributed by atoms with Crippen LogP contribution in [0.1, 0.15) is 6.92 Å². The summed E-state index contributed by atoms with van der Waals surface area (Å²) in [5.41, 5.74) is 7.09. The molecule has 0 aliphatic heterocycles. The number of amides is 2. The first kappa shape index (κ1) is 10.0. The minimum atomic E-state index is -0.542. The zero-order chi connectivity index (χ0) is 8.85. The van der Waals surface area contributed by atoms with Crippen LogP contribution in [0.4, 0.5) is 0 Å². The number of nitrogens with zero attached hydrogens (tertiary/aromatic N) is 1. The van der Waals surface area contributed by atoms with Crippen molar-refractivity contribution in [2.75, 3.05) is 13.7 Å². The maximum Gasteiger partial charge on any atom is 0.259 e. The van der Waals surface area contributed by atoms with E-state index in [1.165, 1.54) is 14.0 Å². The molecule has 0 rings (SSSR count). The molecule has 0 aliphatic rings. The number of hydrazine groups is 1. The number of carbonyl (C=O) groups is 2. The third-order valence-corrected chi connectivity index (χ3v) is 0.921. The van der Waals surface area contributed by atoms with Gasteiger partial charge in [-0.05, 0) is 0 Å². The molecule has 11 heavy (non-hydrogen) atoms. The van der Waals surface area contributed by atoms with Crippen LogP contribution >= 0.6 is 0 Å². The lowest BCUT2D eigenvalue weighted by atomic mass is 10.5. The van der Waals surface area contributed by atoms with E-state index < -0.39 is 11.8 Å². The number of carbonyl (C=O) groups excluding carboxylic acids is 2. The molecule has 0 aromatic rings. The second-order valence-corrected chi connectivity index (χ2v) is 1.75. The molecule has 0 bridgehead atoms. The van der Waals surface area contributed by atoms with Crippen molar-refractivity contribution in [3.8, 4) is 0 Å². The maximum atomic E-state index is 10.8. The van der Waals surface area contributed by atoms with Gasteiger partial charge in [-0.3, -0.25) is 14.4 Å². The Morgan fingerprint density at radius 2 is 2.18 bits per heavy atom. The third kappa shape index (κ3) is 3.08. The summed E-state index contributed by atoms with van der Waals surface area (Å²) in [5.74, 6) is -1.01. The van der Waals surface area contributed by atoms with Crippen molar-refractivity contribution in [3.63, 3.8) is 0 Å².